The lowest BCUT2D eigenvalue weighted by molar-refractivity contribution is -0.115. The maximum absolute atomic E-state index is 12.1. The van der Waals surface area contributed by atoms with Gasteiger partial charge in [0.15, 0.2) is 0 Å². The summed E-state index contributed by atoms with van der Waals surface area (Å²) in [5, 5.41) is 5.55. The zero-order valence-corrected chi connectivity index (χ0v) is 12.9. The molecule has 0 saturated carbocycles. The van der Waals surface area contributed by atoms with Crippen LogP contribution in [0.4, 0.5) is 16.2 Å². The van der Waals surface area contributed by atoms with Crippen molar-refractivity contribution in [3.63, 3.8) is 0 Å². The smallest absolute Gasteiger partial charge is 0.323 e. The van der Waals surface area contributed by atoms with E-state index in [2.05, 4.69) is 10.6 Å². The molecule has 2 rings (SSSR count). The fraction of sp³-hybridized carbons (Fsp3) is 0.125. The van der Waals surface area contributed by atoms with Gasteiger partial charge in [0.25, 0.3) is 0 Å². The van der Waals surface area contributed by atoms with Gasteiger partial charge in [0.1, 0.15) is 0 Å². The predicted molar refractivity (Wildman–Crippen MR) is 90.2 cm³/mol. The van der Waals surface area contributed by atoms with E-state index in [1.807, 2.05) is 49.4 Å². The first-order valence-corrected chi connectivity index (χ1v) is 7.68. The molecule has 0 spiro atoms. The molecule has 0 aliphatic rings. The molecule has 0 aromatic heterocycles. The summed E-state index contributed by atoms with van der Waals surface area (Å²) in [4.78, 5) is 23.7. The predicted octanol–water partition coefficient (Wildman–Crippen LogP) is 3.22. The molecule has 2 aromatic carbocycles. The van der Waals surface area contributed by atoms with E-state index in [1.54, 1.807) is 6.07 Å². The SMILES string of the molecule is Cc1cccc(NC(=O)Nc2ccccc2SCC(N)=O)c1. The molecular weight excluding hydrogens is 298 g/mol. The van der Waals surface area contributed by atoms with E-state index in [-0.39, 0.29) is 11.8 Å². The average Bonchev–Trinajstić information content (AvgIpc) is 2.46. The van der Waals surface area contributed by atoms with Gasteiger partial charge < -0.3 is 16.4 Å². The van der Waals surface area contributed by atoms with E-state index in [4.69, 9.17) is 5.73 Å². The highest BCUT2D eigenvalue weighted by atomic mass is 32.2. The lowest BCUT2D eigenvalue weighted by atomic mass is 10.2. The topological polar surface area (TPSA) is 84.2 Å². The van der Waals surface area contributed by atoms with E-state index >= 15 is 0 Å². The summed E-state index contributed by atoms with van der Waals surface area (Å²) in [6, 6.07) is 14.5. The Morgan fingerprint density at radius 3 is 2.59 bits per heavy atom. The summed E-state index contributed by atoms with van der Waals surface area (Å²) >= 11 is 1.29. The third-order valence-electron chi connectivity index (χ3n) is 2.78. The summed E-state index contributed by atoms with van der Waals surface area (Å²) < 4.78 is 0. The number of aryl methyl sites for hydroxylation is 1. The van der Waals surface area contributed by atoms with Crippen LogP contribution in [0.2, 0.25) is 0 Å². The van der Waals surface area contributed by atoms with Gasteiger partial charge in [0.2, 0.25) is 5.91 Å². The van der Waals surface area contributed by atoms with Crippen molar-refractivity contribution >= 4 is 35.1 Å². The number of thioether (sulfide) groups is 1. The average molecular weight is 315 g/mol. The Kier molecular flexibility index (Phi) is 5.43. The highest BCUT2D eigenvalue weighted by Crippen LogP contribution is 2.26. The molecule has 0 unspecified atom stereocenters. The van der Waals surface area contributed by atoms with Gasteiger partial charge in [-0.1, -0.05) is 24.3 Å². The number of benzene rings is 2. The Morgan fingerprint density at radius 1 is 1.09 bits per heavy atom. The molecule has 0 atom stereocenters. The zero-order valence-electron chi connectivity index (χ0n) is 12.1. The monoisotopic (exact) mass is 315 g/mol. The van der Waals surface area contributed by atoms with Crippen LogP contribution in [0.25, 0.3) is 0 Å². The molecule has 5 nitrogen and oxygen atoms in total. The number of anilines is 2. The normalized spacial score (nSPS) is 10.0. The number of urea groups is 1. The first-order chi connectivity index (χ1) is 10.5. The molecular formula is C16H17N3O2S. The lowest BCUT2D eigenvalue weighted by Gasteiger charge is -2.11. The van der Waals surface area contributed by atoms with Crippen molar-refractivity contribution in [2.75, 3.05) is 16.4 Å². The number of amides is 3. The van der Waals surface area contributed by atoms with Gasteiger partial charge >= 0.3 is 6.03 Å². The number of hydrogen-bond donors (Lipinski definition) is 3. The van der Waals surface area contributed by atoms with Crippen molar-refractivity contribution < 1.29 is 9.59 Å². The number of nitrogens with one attached hydrogen (secondary N) is 2. The quantitative estimate of drug-likeness (QED) is 0.741. The molecule has 6 heteroatoms. The Morgan fingerprint density at radius 2 is 1.86 bits per heavy atom. The zero-order chi connectivity index (χ0) is 15.9. The fourth-order valence-electron chi connectivity index (χ4n) is 1.85. The number of rotatable bonds is 5. The van der Waals surface area contributed by atoms with Crippen LogP contribution in [0.3, 0.4) is 0 Å². The van der Waals surface area contributed by atoms with Crippen LogP contribution in [-0.4, -0.2) is 17.7 Å². The molecule has 0 radical (unpaired) electrons. The first-order valence-electron chi connectivity index (χ1n) is 6.69. The van der Waals surface area contributed by atoms with Crippen LogP contribution < -0.4 is 16.4 Å². The minimum atomic E-state index is -0.399. The Hall–Kier alpha value is -2.47. The number of primary amides is 1. The summed E-state index contributed by atoms with van der Waals surface area (Å²) in [5.74, 6) is -0.234. The molecule has 22 heavy (non-hydrogen) atoms. The van der Waals surface area contributed by atoms with Crippen molar-refractivity contribution in [1.82, 2.24) is 0 Å². The maximum atomic E-state index is 12.1. The highest BCUT2D eigenvalue weighted by Gasteiger charge is 2.08. The Labute approximate surface area is 133 Å². The van der Waals surface area contributed by atoms with Crippen LogP contribution in [0.15, 0.2) is 53.4 Å². The third-order valence-corrected chi connectivity index (χ3v) is 3.88. The molecule has 0 aliphatic heterocycles. The van der Waals surface area contributed by atoms with Crippen molar-refractivity contribution in [3.05, 3.63) is 54.1 Å². The van der Waals surface area contributed by atoms with Gasteiger partial charge in [-0.15, -0.1) is 11.8 Å². The van der Waals surface area contributed by atoms with Crippen molar-refractivity contribution in [1.29, 1.82) is 0 Å². The fourth-order valence-corrected chi connectivity index (χ4v) is 2.60. The standard InChI is InChI=1S/C16H17N3O2S/c1-11-5-4-6-12(9-11)18-16(21)19-13-7-2-3-8-14(13)22-10-15(17)20/h2-9H,10H2,1H3,(H2,17,20)(H2,18,19,21). The molecule has 0 fully saturated rings. The van der Waals surface area contributed by atoms with Crippen molar-refractivity contribution in [2.24, 2.45) is 5.73 Å². The highest BCUT2D eigenvalue weighted by molar-refractivity contribution is 8.00. The van der Waals surface area contributed by atoms with Gasteiger partial charge in [0.05, 0.1) is 11.4 Å². The van der Waals surface area contributed by atoms with Gasteiger partial charge in [-0.25, -0.2) is 4.79 Å². The second-order valence-electron chi connectivity index (χ2n) is 4.70. The minimum absolute atomic E-state index is 0.165. The number of carbonyl (C=O) groups excluding carboxylic acids is 2. The third kappa shape index (κ3) is 4.82. The summed E-state index contributed by atoms with van der Waals surface area (Å²) in [6.45, 7) is 1.96. The van der Waals surface area contributed by atoms with Crippen LogP contribution in [-0.2, 0) is 4.79 Å². The van der Waals surface area contributed by atoms with Gasteiger partial charge in [-0.3, -0.25) is 4.79 Å². The first kappa shape index (κ1) is 15.9. The number of carbonyl (C=O) groups is 2. The van der Waals surface area contributed by atoms with Crippen molar-refractivity contribution in [3.8, 4) is 0 Å². The van der Waals surface area contributed by atoms with Crippen molar-refractivity contribution in [2.45, 2.75) is 11.8 Å². The maximum Gasteiger partial charge on any atom is 0.323 e. The van der Waals surface area contributed by atoms with E-state index < -0.39 is 5.91 Å². The van der Waals surface area contributed by atoms with E-state index in [9.17, 15) is 9.59 Å². The van der Waals surface area contributed by atoms with Gasteiger partial charge in [0, 0.05) is 10.6 Å². The summed E-state index contributed by atoms with van der Waals surface area (Å²) in [5.41, 5.74) is 7.57. The molecule has 114 valence electrons. The van der Waals surface area contributed by atoms with Crippen LogP contribution >= 0.6 is 11.8 Å². The van der Waals surface area contributed by atoms with Gasteiger partial charge in [-0.2, -0.15) is 0 Å². The molecule has 0 bridgehead atoms. The lowest BCUT2D eigenvalue weighted by Crippen LogP contribution is -2.20. The molecule has 0 heterocycles. The number of nitrogens with two attached hydrogens (primary N) is 1. The molecule has 4 N–H and O–H groups in total. The molecule has 0 aliphatic carbocycles. The molecule has 2 aromatic rings. The largest absolute Gasteiger partial charge is 0.369 e. The molecule has 3 amide bonds. The number of hydrogen-bond acceptors (Lipinski definition) is 3. The Balaban J connectivity index is 2.03. The summed E-state index contributed by atoms with van der Waals surface area (Å²) in [7, 11) is 0. The van der Waals surface area contributed by atoms with E-state index in [1.165, 1.54) is 11.8 Å². The number of para-hydroxylation sites is 1. The van der Waals surface area contributed by atoms with E-state index in [0.29, 0.717) is 5.69 Å². The van der Waals surface area contributed by atoms with Crippen LogP contribution in [0.1, 0.15) is 5.56 Å². The second kappa shape index (κ2) is 7.51. The van der Waals surface area contributed by atoms with Crippen LogP contribution in [0.5, 0.6) is 0 Å². The minimum Gasteiger partial charge on any atom is -0.369 e. The Bertz CT molecular complexity index is 689. The second-order valence-corrected chi connectivity index (χ2v) is 5.72. The van der Waals surface area contributed by atoms with Gasteiger partial charge in [-0.05, 0) is 36.8 Å². The van der Waals surface area contributed by atoms with E-state index in [0.717, 1.165) is 16.1 Å². The molecule has 0 saturated heterocycles. The van der Waals surface area contributed by atoms with Crippen LogP contribution in [0, 0.1) is 6.92 Å². The summed E-state index contributed by atoms with van der Waals surface area (Å²) in [6.07, 6.45) is 0.